The van der Waals surface area contributed by atoms with Gasteiger partial charge in [-0.25, -0.2) is 0 Å². The molecule has 1 aliphatic rings. The molecule has 2 atom stereocenters. The lowest BCUT2D eigenvalue weighted by Gasteiger charge is -2.26. The number of pyridine rings is 1. The molecule has 0 aromatic carbocycles. The van der Waals surface area contributed by atoms with Gasteiger partial charge >= 0.3 is 0 Å². The Kier molecular flexibility index (Phi) is 5.54. The van der Waals surface area contributed by atoms with E-state index in [2.05, 4.69) is 20.9 Å². The molecular weight excluding hydrogens is 346 g/mol. The molecule has 1 aromatic rings. The van der Waals surface area contributed by atoms with Gasteiger partial charge in [-0.15, -0.1) is 0 Å². The SMILES string of the molecule is CS(=O)(=O)OC(C[C@H]1CCCCO1)c1ccc(Br)cn1. The Morgan fingerprint density at radius 2 is 2.30 bits per heavy atom. The fourth-order valence-corrected chi connectivity index (χ4v) is 3.06. The van der Waals surface area contributed by atoms with Crippen LogP contribution < -0.4 is 0 Å². The molecule has 112 valence electrons. The molecule has 20 heavy (non-hydrogen) atoms. The first-order valence-electron chi connectivity index (χ1n) is 6.55. The Hall–Kier alpha value is -0.500. The molecule has 0 spiro atoms. The second kappa shape index (κ2) is 6.98. The standard InChI is InChI=1S/C13H18BrNO4S/c1-20(16,17)19-13(8-11-4-2-3-7-18-11)12-6-5-10(14)9-15-12/h5-6,9,11,13H,2-4,7-8H2,1H3/t11-,13?/m1/s1. The quantitative estimate of drug-likeness (QED) is 0.752. The smallest absolute Gasteiger partial charge is 0.265 e. The van der Waals surface area contributed by atoms with Crippen LogP contribution in [0.3, 0.4) is 0 Å². The molecule has 2 heterocycles. The molecule has 0 radical (unpaired) electrons. The summed E-state index contributed by atoms with van der Waals surface area (Å²) in [7, 11) is -3.54. The molecule has 0 amide bonds. The number of nitrogens with zero attached hydrogens (tertiary/aromatic N) is 1. The zero-order valence-electron chi connectivity index (χ0n) is 11.3. The number of ether oxygens (including phenoxy) is 1. The first-order valence-corrected chi connectivity index (χ1v) is 9.16. The monoisotopic (exact) mass is 363 g/mol. The van der Waals surface area contributed by atoms with Gasteiger partial charge in [0, 0.05) is 23.7 Å². The first-order chi connectivity index (χ1) is 9.44. The van der Waals surface area contributed by atoms with Crippen LogP contribution in [0.15, 0.2) is 22.8 Å². The topological polar surface area (TPSA) is 65.5 Å². The van der Waals surface area contributed by atoms with Crippen LogP contribution in [-0.2, 0) is 19.0 Å². The zero-order chi connectivity index (χ0) is 14.6. The predicted octanol–water partition coefficient (Wildman–Crippen LogP) is 2.82. The Morgan fingerprint density at radius 3 is 2.85 bits per heavy atom. The van der Waals surface area contributed by atoms with Gasteiger partial charge in [-0.1, -0.05) is 0 Å². The first kappa shape index (κ1) is 15.9. The van der Waals surface area contributed by atoms with E-state index in [9.17, 15) is 8.42 Å². The number of aromatic nitrogens is 1. The van der Waals surface area contributed by atoms with Gasteiger partial charge in [-0.2, -0.15) is 8.42 Å². The van der Waals surface area contributed by atoms with Crippen molar-refractivity contribution in [3.05, 3.63) is 28.5 Å². The Bertz CT molecular complexity index is 526. The van der Waals surface area contributed by atoms with Gasteiger partial charge in [0.2, 0.25) is 0 Å². The summed E-state index contributed by atoms with van der Waals surface area (Å²) in [4.78, 5) is 4.24. The number of halogens is 1. The average Bonchev–Trinajstić information content (AvgIpc) is 2.38. The third-order valence-corrected chi connectivity index (χ3v) is 4.17. The lowest BCUT2D eigenvalue weighted by molar-refractivity contribution is -0.0104. The summed E-state index contributed by atoms with van der Waals surface area (Å²) < 4.78 is 34.5. The molecule has 0 bridgehead atoms. The second-order valence-corrected chi connectivity index (χ2v) is 7.43. The molecule has 7 heteroatoms. The van der Waals surface area contributed by atoms with E-state index in [0.29, 0.717) is 12.1 Å². The number of hydrogen-bond donors (Lipinski definition) is 0. The van der Waals surface area contributed by atoms with Crippen LogP contribution in [0.2, 0.25) is 0 Å². The normalized spacial score (nSPS) is 21.6. The van der Waals surface area contributed by atoms with E-state index in [4.69, 9.17) is 8.92 Å². The molecular formula is C13H18BrNO4S. The molecule has 1 fully saturated rings. The van der Waals surface area contributed by atoms with Crippen molar-refractivity contribution in [2.45, 2.75) is 37.9 Å². The molecule has 2 rings (SSSR count). The summed E-state index contributed by atoms with van der Waals surface area (Å²) >= 11 is 3.31. The summed E-state index contributed by atoms with van der Waals surface area (Å²) in [5.41, 5.74) is 0.604. The molecule has 0 saturated carbocycles. The maximum absolute atomic E-state index is 11.4. The van der Waals surface area contributed by atoms with E-state index in [1.807, 2.05) is 6.07 Å². The molecule has 5 nitrogen and oxygen atoms in total. The summed E-state index contributed by atoms with van der Waals surface area (Å²) in [6, 6.07) is 3.59. The fraction of sp³-hybridized carbons (Fsp3) is 0.615. The Morgan fingerprint density at radius 1 is 1.50 bits per heavy atom. The summed E-state index contributed by atoms with van der Waals surface area (Å²) in [5, 5.41) is 0. The van der Waals surface area contributed by atoms with E-state index in [1.165, 1.54) is 0 Å². The summed E-state index contributed by atoms with van der Waals surface area (Å²) in [5.74, 6) is 0. The molecule has 0 N–H and O–H groups in total. The van der Waals surface area contributed by atoms with Gasteiger partial charge in [0.25, 0.3) is 10.1 Å². The second-order valence-electron chi connectivity index (χ2n) is 4.91. The highest BCUT2D eigenvalue weighted by Gasteiger charge is 2.25. The van der Waals surface area contributed by atoms with Crippen molar-refractivity contribution in [2.75, 3.05) is 12.9 Å². The van der Waals surface area contributed by atoms with Crippen LogP contribution in [0.5, 0.6) is 0 Å². The highest BCUT2D eigenvalue weighted by Crippen LogP contribution is 2.28. The van der Waals surface area contributed by atoms with E-state index < -0.39 is 16.2 Å². The van der Waals surface area contributed by atoms with Crippen molar-refractivity contribution < 1.29 is 17.3 Å². The molecule has 1 saturated heterocycles. The van der Waals surface area contributed by atoms with Gasteiger partial charge in [0.15, 0.2) is 0 Å². The van der Waals surface area contributed by atoms with Crippen molar-refractivity contribution in [1.29, 1.82) is 0 Å². The van der Waals surface area contributed by atoms with Crippen molar-refractivity contribution in [2.24, 2.45) is 0 Å². The number of hydrogen-bond acceptors (Lipinski definition) is 5. The molecule has 1 aromatic heterocycles. The van der Waals surface area contributed by atoms with Gasteiger partial charge < -0.3 is 4.74 Å². The predicted molar refractivity (Wildman–Crippen MR) is 78.8 cm³/mol. The van der Waals surface area contributed by atoms with E-state index >= 15 is 0 Å². The van der Waals surface area contributed by atoms with Gasteiger partial charge in [-0.3, -0.25) is 9.17 Å². The lowest BCUT2D eigenvalue weighted by Crippen LogP contribution is -2.24. The lowest BCUT2D eigenvalue weighted by atomic mass is 10.0. The van der Waals surface area contributed by atoms with Crippen LogP contribution in [0.4, 0.5) is 0 Å². The van der Waals surface area contributed by atoms with Crippen LogP contribution in [0.1, 0.15) is 37.5 Å². The highest BCUT2D eigenvalue weighted by molar-refractivity contribution is 9.10. The van der Waals surface area contributed by atoms with Crippen LogP contribution in [0, 0.1) is 0 Å². The van der Waals surface area contributed by atoms with Crippen molar-refractivity contribution >= 4 is 26.0 Å². The Balaban J connectivity index is 2.13. The van der Waals surface area contributed by atoms with Crippen molar-refractivity contribution in [3.8, 4) is 0 Å². The minimum Gasteiger partial charge on any atom is -0.378 e. The molecule has 1 aliphatic heterocycles. The van der Waals surface area contributed by atoms with E-state index in [1.54, 1.807) is 12.3 Å². The Labute approximate surface area is 127 Å². The largest absolute Gasteiger partial charge is 0.378 e. The van der Waals surface area contributed by atoms with Gasteiger partial charge in [-0.05, 0) is 47.3 Å². The van der Waals surface area contributed by atoms with Gasteiger partial charge in [0.1, 0.15) is 6.10 Å². The maximum atomic E-state index is 11.4. The van der Waals surface area contributed by atoms with E-state index in [-0.39, 0.29) is 6.10 Å². The third kappa shape index (κ3) is 5.12. The number of rotatable bonds is 5. The minimum absolute atomic E-state index is 0.0287. The third-order valence-electron chi connectivity index (χ3n) is 3.12. The molecule has 0 aliphatic carbocycles. The minimum atomic E-state index is -3.54. The van der Waals surface area contributed by atoms with Crippen molar-refractivity contribution in [3.63, 3.8) is 0 Å². The van der Waals surface area contributed by atoms with Gasteiger partial charge in [0.05, 0.1) is 18.1 Å². The van der Waals surface area contributed by atoms with Crippen molar-refractivity contribution in [1.82, 2.24) is 4.98 Å². The fourth-order valence-electron chi connectivity index (χ4n) is 2.23. The maximum Gasteiger partial charge on any atom is 0.265 e. The highest BCUT2D eigenvalue weighted by atomic mass is 79.9. The van der Waals surface area contributed by atoms with Crippen LogP contribution in [0.25, 0.3) is 0 Å². The average molecular weight is 364 g/mol. The zero-order valence-corrected chi connectivity index (χ0v) is 13.7. The van der Waals surface area contributed by atoms with E-state index in [0.717, 1.165) is 36.6 Å². The van der Waals surface area contributed by atoms with Crippen LogP contribution >= 0.6 is 15.9 Å². The molecule has 1 unspecified atom stereocenters. The summed E-state index contributed by atoms with van der Waals surface area (Å²) in [6.45, 7) is 0.726. The summed E-state index contributed by atoms with van der Waals surface area (Å²) in [6.07, 6.45) is 5.72. The van der Waals surface area contributed by atoms with Crippen LogP contribution in [-0.4, -0.2) is 32.4 Å².